The third-order valence-corrected chi connectivity index (χ3v) is 5.88. The predicted octanol–water partition coefficient (Wildman–Crippen LogP) is 1.90. The van der Waals surface area contributed by atoms with Gasteiger partial charge in [-0.1, -0.05) is 18.2 Å². The Morgan fingerprint density at radius 2 is 2.20 bits per heavy atom. The van der Waals surface area contributed by atoms with Crippen LogP contribution in [0.3, 0.4) is 0 Å². The topological polar surface area (TPSA) is 59.1 Å². The minimum absolute atomic E-state index is 0.228. The van der Waals surface area contributed by atoms with Crippen molar-refractivity contribution in [2.45, 2.75) is 25.4 Å². The van der Waals surface area contributed by atoms with Crippen molar-refractivity contribution in [2.24, 2.45) is 0 Å². The Bertz CT molecular complexity index is 737. The number of aromatic nitrogens is 1. The van der Waals surface area contributed by atoms with Crippen molar-refractivity contribution in [3.8, 4) is 0 Å². The third-order valence-electron chi connectivity index (χ3n) is 3.98. The lowest BCUT2D eigenvalue weighted by molar-refractivity contribution is 0.396. The first-order valence-electron chi connectivity index (χ1n) is 6.75. The molecule has 2 heterocycles. The second-order valence-corrected chi connectivity index (χ2v) is 7.95. The predicted molar refractivity (Wildman–Crippen MR) is 80.3 cm³/mol. The number of rotatable bonds is 3. The van der Waals surface area contributed by atoms with Gasteiger partial charge in [-0.2, -0.15) is 0 Å². The van der Waals surface area contributed by atoms with Crippen LogP contribution >= 0.6 is 0 Å². The lowest BCUT2D eigenvalue weighted by Gasteiger charge is -2.24. The molecule has 0 radical (unpaired) electrons. The van der Waals surface area contributed by atoms with Crippen molar-refractivity contribution in [3.63, 3.8) is 0 Å². The van der Waals surface area contributed by atoms with Gasteiger partial charge >= 0.3 is 0 Å². The van der Waals surface area contributed by atoms with Crippen LogP contribution in [0.1, 0.15) is 18.9 Å². The molecule has 4 nitrogen and oxygen atoms in total. The summed E-state index contributed by atoms with van der Waals surface area (Å²) in [7, 11) is -2.87. The van der Waals surface area contributed by atoms with Gasteiger partial charge in [0.15, 0.2) is 9.84 Å². The first kappa shape index (κ1) is 13.5. The molecule has 0 spiro atoms. The molecule has 0 saturated carbocycles. The van der Waals surface area contributed by atoms with Gasteiger partial charge in [0.05, 0.1) is 11.5 Å². The monoisotopic (exact) mass is 290 g/mol. The summed E-state index contributed by atoms with van der Waals surface area (Å²) in [5, 5.41) is 5.70. The number of fused-ring (bicyclic) bond motifs is 1. The molecular formula is C15H18N2O2S. The molecule has 5 heteroatoms. The fourth-order valence-corrected chi connectivity index (χ4v) is 4.93. The minimum Gasteiger partial charge on any atom is -0.306 e. The molecule has 20 heavy (non-hydrogen) atoms. The van der Waals surface area contributed by atoms with Gasteiger partial charge in [0.25, 0.3) is 0 Å². The van der Waals surface area contributed by atoms with Crippen LogP contribution in [0.2, 0.25) is 0 Å². The largest absolute Gasteiger partial charge is 0.306 e. The van der Waals surface area contributed by atoms with Crippen LogP contribution < -0.4 is 5.32 Å². The van der Waals surface area contributed by atoms with Crippen LogP contribution in [0, 0.1) is 0 Å². The van der Waals surface area contributed by atoms with E-state index in [9.17, 15) is 8.42 Å². The van der Waals surface area contributed by atoms with Crippen LogP contribution in [0.25, 0.3) is 10.8 Å². The van der Waals surface area contributed by atoms with Crippen LogP contribution in [0.5, 0.6) is 0 Å². The maximum absolute atomic E-state index is 11.6. The molecule has 0 bridgehead atoms. The molecule has 1 fully saturated rings. The Morgan fingerprint density at radius 1 is 1.35 bits per heavy atom. The van der Waals surface area contributed by atoms with E-state index < -0.39 is 9.84 Å². The first-order chi connectivity index (χ1) is 9.48. The molecule has 1 aliphatic heterocycles. The number of hydrogen-bond acceptors (Lipinski definition) is 4. The van der Waals surface area contributed by atoms with Crippen LogP contribution in [0.15, 0.2) is 36.7 Å². The second-order valence-electron chi connectivity index (χ2n) is 5.77. The minimum atomic E-state index is -2.87. The highest BCUT2D eigenvalue weighted by Crippen LogP contribution is 2.24. The summed E-state index contributed by atoms with van der Waals surface area (Å²) in [4.78, 5) is 4.12. The summed E-state index contributed by atoms with van der Waals surface area (Å²) in [6.45, 7) is 2.66. The first-order valence-corrected chi connectivity index (χ1v) is 8.57. The summed E-state index contributed by atoms with van der Waals surface area (Å²) in [5.41, 5.74) is 0.865. The van der Waals surface area contributed by atoms with Gasteiger partial charge in [-0.05, 0) is 30.4 Å². The Morgan fingerprint density at radius 3 is 2.95 bits per heavy atom. The molecule has 1 saturated heterocycles. The van der Waals surface area contributed by atoms with E-state index in [1.54, 1.807) is 6.20 Å². The summed E-state index contributed by atoms with van der Waals surface area (Å²) < 4.78 is 23.2. The fraction of sp³-hybridized carbons (Fsp3) is 0.400. The number of hydrogen-bond donors (Lipinski definition) is 1. The highest BCUT2D eigenvalue weighted by atomic mass is 32.2. The van der Waals surface area contributed by atoms with Crippen LogP contribution in [-0.2, 0) is 16.4 Å². The molecule has 1 unspecified atom stereocenters. The van der Waals surface area contributed by atoms with Gasteiger partial charge in [0.1, 0.15) is 0 Å². The zero-order valence-corrected chi connectivity index (χ0v) is 12.3. The summed E-state index contributed by atoms with van der Waals surface area (Å²) in [5.74, 6) is 0.516. The van der Waals surface area contributed by atoms with Crippen LogP contribution in [-0.4, -0.2) is 30.4 Å². The second kappa shape index (κ2) is 4.82. The zero-order valence-electron chi connectivity index (χ0n) is 11.5. The molecule has 1 aromatic carbocycles. The van der Waals surface area contributed by atoms with Gasteiger partial charge in [0, 0.05) is 29.9 Å². The maximum atomic E-state index is 11.6. The summed E-state index contributed by atoms with van der Waals surface area (Å²) >= 11 is 0. The van der Waals surface area contributed by atoms with Crippen molar-refractivity contribution in [2.75, 3.05) is 11.5 Å². The van der Waals surface area contributed by atoms with Gasteiger partial charge in [-0.15, -0.1) is 0 Å². The highest BCUT2D eigenvalue weighted by molar-refractivity contribution is 7.91. The molecule has 0 amide bonds. The van der Waals surface area contributed by atoms with E-state index in [-0.39, 0.29) is 17.0 Å². The van der Waals surface area contributed by atoms with E-state index in [1.807, 2.05) is 31.3 Å². The molecule has 1 aromatic heterocycles. The number of sulfone groups is 1. The van der Waals surface area contributed by atoms with Gasteiger partial charge in [0.2, 0.25) is 0 Å². The highest BCUT2D eigenvalue weighted by Gasteiger charge is 2.37. The van der Waals surface area contributed by atoms with Crippen molar-refractivity contribution < 1.29 is 8.42 Å². The Hall–Kier alpha value is -1.46. The van der Waals surface area contributed by atoms with E-state index >= 15 is 0 Å². The Labute approximate surface area is 119 Å². The van der Waals surface area contributed by atoms with Gasteiger partial charge in [-0.25, -0.2) is 8.42 Å². The number of nitrogens with zero attached hydrogens (tertiary/aromatic N) is 1. The van der Waals surface area contributed by atoms with Crippen molar-refractivity contribution >= 4 is 20.6 Å². The summed E-state index contributed by atoms with van der Waals surface area (Å²) in [6, 6.07) is 8.12. The number of nitrogens with one attached hydrogen (secondary N) is 1. The van der Waals surface area contributed by atoms with E-state index in [1.165, 1.54) is 10.9 Å². The lowest BCUT2D eigenvalue weighted by Crippen LogP contribution is -2.42. The average molecular weight is 290 g/mol. The standard InChI is InChI=1S/C15H18N2O2S/c1-15(6-8-20(18,19)11-15)17-10-13-4-2-3-12-9-16-7-5-14(12)13/h2-5,7,9,17H,6,8,10-11H2,1H3. The van der Waals surface area contributed by atoms with Crippen molar-refractivity contribution in [1.29, 1.82) is 0 Å². The fourth-order valence-electron chi connectivity index (χ4n) is 2.80. The van der Waals surface area contributed by atoms with Gasteiger partial charge in [-0.3, -0.25) is 4.98 Å². The molecule has 3 rings (SSSR count). The zero-order chi connectivity index (χ0) is 14.2. The van der Waals surface area contributed by atoms with E-state index in [0.29, 0.717) is 13.0 Å². The molecule has 1 aliphatic rings. The molecule has 1 N–H and O–H groups in total. The normalized spacial score (nSPS) is 25.1. The number of benzene rings is 1. The molecule has 1 atom stereocenters. The van der Waals surface area contributed by atoms with E-state index in [2.05, 4.69) is 16.4 Å². The van der Waals surface area contributed by atoms with Crippen molar-refractivity contribution in [1.82, 2.24) is 10.3 Å². The molecule has 2 aromatic rings. The van der Waals surface area contributed by atoms with E-state index in [0.717, 1.165) is 5.39 Å². The smallest absolute Gasteiger partial charge is 0.152 e. The Kier molecular flexibility index (Phi) is 3.26. The quantitative estimate of drug-likeness (QED) is 0.938. The van der Waals surface area contributed by atoms with Crippen molar-refractivity contribution in [3.05, 3.63) is 42.2 Å². The van der Waals surface area contributed by atoms with E-state index in [4.69, 9.17) is 0 Å². The Balaban J connectivity index is 1.81. The number of pyridine rings is 1. The molecule has 106 valence electrons. The SMILES string of the molecule is CC1(NCc2cccc3cnccc23)CCS(=O)(=O)C1. The molecular weight excluding hydrogens is 272 g/mol. The third kappa shape index (κ3) is 2.69. The van der Waals surface area contributed by atoms with Crippen LogP contribution in [0.4, 0.5) is 0 Å². The summed E-state index contributed by atoms with van der Waals surface area (Å²) in [6.07, 6.45) is 4.32. The average Bonchev–Trinajstić information content (AvgIpc) is 2.71. The van der Waals surface area contributed by atoms with Gasteiger partial charge < -0.3 is 5.32 Å². The molecule has 0 aliphatic carbocycles. The lowest BCUT2D eigenvalue weighted by atomic mass is 10.0. The maximum Gasteiger partial charge on any atom is 0.152 e.